The molecular weight excluding hydrogens is 228 g/mol. The molecule has 5 heteroatoms. The lowest BCUT2D eigenvalue weighted by molar-refractivity contribution is 0.306. The van der Waals surface area contributed by atoms with E-state index in [0.717, 1.165) is 0 Å². The summed E-state index contributed by atoms with van der Waals surface area (Å²) in [5.41, 5.74) is 4.78. The van der Waals surface area contributed by atoms with Crippen LogP contribution in [-0.2, 0) is 0 Å². The van der Waals surface area contributed by atoms with Crippen LogP contribution in [0.3, 0.4) is 0 Å². The molecule has 0 amide bonds. The van der Waals surface area contributed by atoms with E-state index in [2.05, 4.69) is 0 Å². The molecule has 7 heavy (non-hydrogen) atoms. The van der Waals surface area contributed by atoms with E-state index in [1.54, 1.807) is 0 Å². The molecule has 0 saturated carbocycles. The van der Waals surface area contributed by atoms with E-state index in [1.165, 1.54) is 0 Å². The summed E-state index contributed by atoms with van der Waals surface area (Å²) in [6.07, 6.45) is 0. The molecule has 0 unspecified atom stereocenters. The standard InChI is InChI=1S/C2H7NO.2BrH.H3N/c3-1-2-4;;;/h4H,1-3H2;2*1H;1H3. The molecule has 0 rings (SSSR count). The van der Waals surface area contributed by atoms with E-state index >= 15 is 0 Å². The van der Waals surface area contributed by atoms with Crippen LogP contribution in [0.1, 0.15) is 0 Å². The zero-order valence-electron chi connectivity index (χ0n) is 3.96. The fraction of sp³-hybridized carbons (Fsp3) is 1.00. The van der Waals surface area contributed by atoms with Crippen LogP contribution in [0.15, 0.2) is 0 Å². The van der Waals surface area contributed by atoms with Gasteiger partial charge in [0.1, 0.15) is 0 Å². The molecule has 3 nitrogen and oxygen atoms in total. The van der Waals surface area contributed by atoms with Gasteiger partial charge < -0.3 is 17.0 Å². The van der Waals surface area contributed by atoms with Gasteiger partial charge in [-0.3, -0.25) is 0 Å². The van der Waals surface area contributed by atoms with E-state index in [4.69, 9.17) is 10.8 Å². The fourth-order valence-electron chi connectivity index (χ4n) is 0. The first kappa shape index (κ1) is 24.9. The molecule has 0 bridgehead atoms. The molecule has 0 aromatic rings. The zero-order chi connectivity index (χ0) is 3.41. The Hall–Kier alpha value is 0.840. The molecule has 0 radical (unpaired) electrons. The van der Waals surface area contributed by atoms with Crippen LogP contribution in [-0.4, -0.2) is 18.3 Å². The molecule has 0 atom stereocenters. The zero-order valence-corrected chi connectivity index (χ0v) is 7.39. The highest BCUT2D eigenvalue weighted by Gasteiger charge is 1.56. The number of halogens is 2. The first-order valence-corrected chi connectivity index (χ1v) is 1.22. The van der Waals surface area contributed by atoms with Crippen LogP contribution in [0, 0.1) is 0 Å². The predicted octanol–water partition coefficient (Wildman–Crippen LogP) is 0.255. The van der Waals surface area contributed by atoms with Gasteiger partial charge in [-0.05, 0) is 0 Å². The summed E-state index contributed by atoms with van der Waals surface area (Å²) in [7, 11) is 0. The van der Waals surface area contributed by atoms with E-state index in [-0.39, 0.29) is 46.7 Å². The summed E-state index contributed by atoms with van der Waals surface area (Å²) >= 11 is 0. The summed E-state index contributed by atoms with van der Waals surface area (Å²) in [6.45, 7) is 0.472. The molecule has 0 aromatic carbocycles. The van der Waals surface area contributed by atoms with E-state index in [0.29, 0.717) is 6.54 Å². The van der Waals surface area contributed by atoms with Gasteiger partial charge in [-0.1, -0.05) is 0 Å². The quantitative estimate of drug-likeness (QED) is 0.614. The lowest BCUT2D eigenvalue weighted by atomic mass is 10.8. The third-order valence-corrected chi connectivity index (χ3v) is 0.129. The van der Waals surface area contributed by atoms with Gasteiger partial charge in [0.2, 0.25) is 0 Å². The van der Waals surface area contributed by atoms with Gasteiger partial charge in [0, 0.05) is 6.54 Å². The van der Waals surface area contributed by atoms with Gasteiger partial charge in [0.25, 0.3) is 0 Å². The highest BCUT2D eigenvalue weighted by atomic mass is 79.9. The number of rotatable bonds is 1. The topological polar surface area (TPSA) is 81.2 Å². The van der Waals surface area contributed by atoms with Crippen molar-refractivity contribution in [3.8, 4) is 0 Å². The van der Waals surface area contributed by atoms with E-state index in [1.807, 2.05) is 0 Å². The number of aliphatic hydroxyl groups is 1. The van der Waals surface area contributed by atoms with Crippen LogP contribution in [0.2, 0.25) is 0 Å². The summed E-state index contributed by atoms with van der Waals surface area (Å²) in [5.74, 6) is 0. The second kappa shape index (κ2) is 28.9. The van der Waals surface area contributed by atoms with Gasteiger partial charge in [-0.25, -0.2) is 0 Å². The monoisotopic (exact) mass is 238 g/mol. The molecule has 0 aliphatic carbocycles. The average Bonchev–Trinajstić information content (AvgIpc) is 1.37. The maximum absolute atomic E-state index is 7.75. The third-order valence-electron chi connectivity index (χ3n) is 0.129. The van der Waals surface area contributed by atoms with Crippen molar-refractivity contribution in [1.29, 1.82) is 0 Å². The summed E-state index contributed by atoms with van der Waals surface area (Å²) in [6, 6.07) is 0. The van der Waals surface area contributed by atoms with Gasteiger partial charge in [-0.15, -0.1) is 34.0 Å². The molecule has 50 valence electrons. The van der Waals surface area contributed by atoms with Crippen LogP contribution in [0.4, 0.5) is 0 Å². The first-order valence-electron chi connectivity index (χ1n) is 1.22. The number of aliphatic hydroxyl groups excluding tert-OH is 1. The van der Waals surface area contributed by atoms with Crippen molar-refractivity contribution in [3.63, 3.8) is 0 Å². The van der Waals surface area contributed by atoms with Crippen molar-refractivity contribution >= 4 is 34.0 Å². The molecule has 0 aliphatic rings. The molecule has 0 aliphatic heterocycles. The second-order valence-corrected chi connectivity index (χ2v) is 0.512. The van der Waals surface area contributed by atoms with Crippen LogP contribution in [0.5, 0.6) is 0 Å². The third kappa shape index (κ3) is 47.3. The molecule has 0 heterocycles. The average molecular weight is 240 g/mol. The second-order valence-electron chi connectivity index (χ2n) is 0.512. The van der Waals surface area contributed by atoms with Crippen LogP contribution in [0.25, 0.3) is 0 Å². The lowest BCUT2D eigenvalue weighted by Crippen LogP contribution is -2.02. The molecule has 0 spiro atoms. The largest absolute Gasteiger partial charge is 0.395 e. The van der Waals surface area contributed by atoms with E-state index in [9.17, 15) is 0 Å². The van der Waals surface area contributed by atoms with Crippen molar-refractivity contribution < 1.29 is 5.11 Å². The van der Waals surface area contributed by atoms with Crippen molar-refractivity contribution in [1.82, 2.24) is 6.15 Å². The van der Waals surface area contributed by atoms with Gasteiger partial charge >= 0.3 is 0 Å². The highest BCUT2D eigenvalue weighted by Crippen LogP contribution is 1.33. The predicted molar refractivity (Wildman–Crippen MR) is 41.8 cm³/mol. The maximum Gasteiger partial charge on any atom is 0.0553 e. The van der Waals surface area contributed by atoms with E-state index < -0.39 is 0 Å². The minimum Gasteiger partial charge on any atom is -0.395 e. The fourth-order valence-corrected chi connectivity index (χ4v) is 0. The Morgan fingerprint density at radius 3 is 1.43 bits per heavy atom. The maximum atomic E-state index is 7.75. The minimum atomic E-state index is 0. The van der Waals surface area contributed by atoms with Gasteiger partial charge in [0.05, 0.1) is 6.61 Å². The smallest absolute Gasteiger partial charge is 0.0553 e. The van der Waals surface area contributed by atoms with Crippen molar-refractivity contribution in [2.24, 2.45) is 5.73 Å². The lowest BCUT2D eigenvalue weighted by Gasteiger charge is -1.71. The Morgan fingerprint density at radius 2 is 1.43 bits per heavy atom. The molecule has 0 fully saturated rings. The van der Waals surface area contributed by atoms with Crippen molar-refractivity contribution in [2.45, 2.75) is 0 Å². The molecule has 0 saturated heterocycles. The Morgan fingerprint density at radius 1 is 1.29 bits per heavy atom. The summed E-state index contributed by atoms with van der Waals surface area (Å²) < 4.78 is 0. The molecule has 6 N–H and O–H groups in total. The van der Waals surface area contributed by atoms with Gasteiger partial charge in [-0.2, -0.15) is 0 Å². The van der Waals surface area contributed by atoms with Crippen molar-refractivity contribution in [2.75, 3.05) is 13.2 Å². The van der Waals surface area contributed by atoms with Gasteiger partial charge in [0.15, 0.2) is 0 Å². The number of nitrogens with two attached hydrogens (primary N) is 1. The Labute approximate surface area is 64.4 Å². The highest BCUT2D eigenvalue weighted by molar-refractivity contribution is 8.93. The number of hydrogen-bond donors (Lipinski definition) is 3. The normalized spacial score (nSPS) is 4.29. The SMILES string of the molecule is Br.Br.N.NCCO. The minimum absolute atomic E-state index is 0. The Kier molecular flexibility index (Phi) is 103. The van der Waals surface area contributed by atoms with Crippen molar-refractivity contribution in [3.05, 3.63) is 0 Å². The summed E-state index contributed by atoms with van der Waals surface area (Å²) in [5, 5.41) is 7.75. The summed E-state index contributed by atoms with van der Waals surface area (Å²) in [4.78, 5) is 0. The first-order chi connectivity index (χ1) is 1.91. The molecular formula is C2H12Br2N2O. The molecule has 0 aromatic heterocycles. The van der Waals surface area contributed by atoms with Crippen LogP contribution >= 0.6 is 34.0 Å². The Balaban J connectivity index is -0.0000000150. The number of hydrogen-bond acceptors (Lipinski definition) is 3. The Bertz CT molecular complexity index is 15.7. The van der Waals surface area contributed by atoms with Crippen LogP contribution < -0.4 is 11.9 Å².